The van der Waals surface area contributed by atoms with Crippen molar-refractivity contribution in [3.63, 3.8) is 0 Å². The Hall–Kier alpha value is 3.98. The molecule has 9 heteroatoms. The maximum absolute atomic E-state index is 0. The smallest absolute Gasteiger partial charge is 2.00 e. The second-order valence-corrected chi connectivity index (χ2v) is 0. The summed E-state index contributed by atoms with van der Waals surface area (Å²) >= 11 is 0. The van der Waals surface area contributed by atoms with E-state index >= 15 is 0 Å². The van der Waals surface area contributed by atoms with E-state index in [4.69, 9.17) is 0 Å². The summed E-state index contributed by atoms with van der Waals surface area (Å²) in [6.07, 6.45) is 0. The first kappa shape index (κ1) is 118. The molecule has 0 N–H and O–H groups in total. The van der Waals surface area contributed by atoms with Crippen LogP contribution in [0.15, 0.2) is 0 Å². The quantitative estimate of drug-likeness (QED) is 0.418. The van der Waals surface area contributed by atoms with Gasteiger partial charge in [-0.3, -0.25) is 0 Å². The molecule has 0 saturated heterocycles. The molecule has 0 saturated carbocycles. The molecule has 0 rings (SSSR count). The SMILES string of the molecule is [Co+2].[Co+2].[Eu+3].[Eu+3].[O-2].[O-2].[O-2].[O-2].[O-2]. The van der Waals surface area contributed by atoms with E-state index in [2.05, 4.69) is 0 Å². The Morgan fingerprint density at radius 1 is 0.333 bits per heavy atom. The average Bonchev–Trinajstić information content (AvgIpc) is 0. The Bertz CT molecular complexity index is 12.9. The van der Waals surface area contributed by atoms with Crippen molar-refractivity contribution in [1.82, 2.24) is 0 Å². The molecule has 0 atom stereocenters. The molecule has 0 bridgehead atoms. The van der Waals surface area contributed by atoms with Crippen LogP contribution in [0.1, 0.15) is 0 Å². The molecule has 0 aliphatic heterocycles. The van der Waals surface area contributed by atoms with Gasteiger partial charge in [-0.05, 0) is 0 Å². The maximum Gasteiger partial charge on any atom is 3.00 e. The van der Waals surface area contributed by atoms with Gasteiger partial charge in [-0.25, -0.2) is 0 Å². The molecule has 62 valence electrons. The van der Waals surface area contributed by atoms with Gasteiger partial charge >= 0.3 is 132 Å². The predicted molar refractivity (Wildman–Crippen MR) is 3.43 cm³/mol. The van der Waals surface area contributed by atoms with Gasteiger partial charge in [0.2, 0.25) is 0 Å². The Labute approximate surface area is 155 Å². The van der Waals surface area contributed by atoms with Gasteiger partial charge in [-0.1, -0.05) is 0 Å². The molecular weight excluding hydrogens is 502 g/mol. The van der Waals surface area contributed by atoms with E-state index in [-0.39, 0.29) is 160 Å². The molecule has 0 aromatic carbocycles. The van der Waals surface area contributed by atoms with Crippen LogP contribution in [0.4, 0.5) is 0 Å². The summed E-state index contributed by atoms with van der Waals surface area (Å²) in [7, 11) is 0. The Balaban J connectivity index is 0. The fourth-order valence-corrected chi connectivity index (χ4v) is 0. The van der Waals surface area contributed by atoms with E-state index in [1.807, 2.05) is 0 Å². The predicted octanol–water partition coefficient (Wildman–Crippen LogP) is -0.599. The molecule has 2 radical (unpaired) electrons. The van der Waals surface area contributed by atoms with Crippen LogP contribution in [-0.2, 0) is 60.9 Å². The molecule has 0 aromatic heterocycles. The topological polar surface area (TPSA) is 142 Å². The van der Waals surface area contributed by atoms with Crippen molar-refractivity contribution in [3.05, 3.63) is 0 Å². The minimum atomic E-state index is 0. The van der Waals surface area contributed by atoms with Crippen LogP contribution < -0.4 is 0 Å². The van der Waals surface area contributed by atoms with Crippen molar-refractivity contribution in [3.8, 4) is 0 Å². The summed E-state index contributed by atoms with van der Waals surface area (Å²) in [5.74, 6) is 0. The molecule has 0 unspecified atom stereocenters. The summed E-state index contributed by atoms with van der Waals surface area (Å²) in [5.41, 5.74) is 0. The van der Waals surface area contributed by atoms with Crippen LogP contribution in [0.2, 0.25) is 0 Å². The summed E-state index contributed by atoms with van der Waals surface area (Å²) in [5, 5.41) is 0. The third kappa shape index (κ3) is 75.3. The largest absolute Gasteiger partial charge is 3.00 e. The zero-order valence-electron chi connectivity index (χ0n) is 3.46. The number of hydrogen-bond donors (Lipinski definition) is 0. The molecule has 0 amide bonds. The van der Waals surface area contributed by atoms with Crippen LogP contribution >= 0.6 is 0 Å². The second kappa shape index (κ2) is 91.1. The standard InChI is InChI=1S/2Co.2Eu.5O/q2*+2;2*+3;5*-2. The van der Waals surface area contributed by atoms with Gasteiger partial charge in [0.1, 0.15) is 0 Å². The van der Waals surface area contributed by atoms with Crippen LogP contribution in [0.25, 0.3) is 0 Å². The number of hydrogen-bond acceptors (Lipinski definition) is 0. The third-order valence-corrected chi connectivity index (χ3v) is 0. The Morgan fingerprint density at radius 3 is 0.333 bits per heavy atom. The van der Waals surface area contributed by atoms with Crippen LogP contribution in [0.5, 0.6) is 0 Å². The van der Waals surface area contributed by atoms with Gasteiger partial charge in [0.15, 0.2) is 0 Å². The van der Waals surface area contributed by atoms with Crippen LogP contribution in [-0.4, -0.2) is 0 Å². The molecule has 5 nitrogen and oxygen atoms in total. The van der Waals surface area contributed by atoms with Gasteiger partial charge in [0.05, 0.1) is 0 Å². The number of rotatable bonds is 0. The Kier molecular flexibility index (Phi) is 1190. The van der Waals surface area contributed by atoms with Gasteiger partial charge in [-0.2, -0.15) is 0 Å². The summed E-state index contributed by atoms with van der Waals surface area (Å²) in [4.78, 5) is 0. The zero-order valence-corrected chi connectivity index (χ0v) is 10.4. The first-order valence-corrected chi connectivity index (χ1v) is 0. The third-order valence-electron chi connectivity index (χ3n) is 0. The summed E-state index contributed by atoms with van der Waals surface area (Å²) < 4.78 is 0. The van der Waals surface area contributed by atoms with Crippen molar-refractivity contribution in [1.29, 1.82) is 0 Å². The molecule has 0 aromatic rings. The van der Waals surface area contributed by atoms with Crippen LogP contribution in [0, 0.1) is 98.8 Å². The maximum atomic E-state index is 0. The van der Waals surface area contributed by atoms with Crippen LogP contribution in [0.3, 0.4) is 0 Å². The van der Waals surface area contributed by atoms with Crippen molar-refractivity contribution < 1.29 is 160 Å². The van der Waals surface area contributed by atoms with Crippen molar-refractivity contribution in [2.24, 2.45) is 0 Å². The van der Waals surface area contributed by atoms with Crippen molar-refractivity contribution in [2.45, 2.75) is 0 Å². The van der Waals surface area contributed by atoms with Gasteiger partial charge in [0.25, 0.3) is 0 Å². The van der Waals surface area contributed by atoms with E-state index in [1.165, 1.54) is 0 Å². The molecule has 0 fully saturated rings. The van der Waals surface area contributed by atoms with E-state index in [0.717, 1.165) is 0 Å². The normalized spacial score (nSPS) is 0. The summed E-state index contributed by atoms with van der Waals surface area (Å²) in [6.45, 7) is 0. The van der Waals surface area contributed by atoms with Gasteiger partial charge in [0, 0.05) is 0 Å². The average molecular weight is 502 g/mol. The molecule has 9 heavy (non-hydrogen) atoms. The zero-order chi connectivity index (χ0) is 0. The van der Waals surface area contributed by atoms with Gasteiger partial charge in [-0.15, -0.1) is 0 Å². The molecule has 0 spiro atoms. The fraction of sp³-hybridized carbons (Fsp3) is 0. The fourth-order valence-electron chi connectivity index (χ4n) is 0. The first-order valence-electron chi connectivity index (χ1n) is 0. The molecule has 0 aliphatic carbocycles. The Morgan fingerprint density at radius 2 is 0.333 bits per heavy atom. The first-order chi connectivity index (χ1) is 0. The van der Waals surface area contributed by atoms with Crippen molar-refractivity contribution >= 4 is 0 Å². The second-order valence-electron chi connectivity index (χ2n) is 0. The van der Waals surface area contributed by atoms with E-state index in [1.54, 1.807) is 0 Å². The van der Waals surface area contributed by atoms with E-state index in [0.29, 0.717) is 0 Å². The van der Waals surface area contributed by atoms with Gasteiger partial charge < -0.3 is 27.4 Å². The van der Waals surface area contributed by atoms with Crippen molar-refractivity contribution in [2.75, 3.05) is 0 Å². The summed E-state index contributed by atoms with van der Waals surface area (Å²) in [6, 6.07) is 0. The minimum absolute atomic E-state index is 0. The van der Waals surface area contributed by atoms with E-state index < -0.39 is 0 Å². The molecular formula is Co2Eu2O5. The molecule has 0 heterocycles. The minimum Gasteiger partial charge on any atom is -2.00 e. The monoisotopic (exact) mass is 504 g/mol. The molecule has 0 aliphatic rings. The van der Waals surface area contributed by atoms with E-state index in [9.17, 15) is 0 Å².